The molecule has 3 aliphatic rings. The second-order valence-electron chi connectivity index (χ2n) is 8.47. The fourth-order valence-electron chi connectivity index (χ4n) is 4.39. The van der Waals surface area contributed by atoms with Gasteiger partial charge >= 0.3 is 11.9 Å². The molecule has 0 saturated carbocycles. The van der Waals surface area contributed by atoms with Gasteiger partial charge < -0.3 is 19.9 Å². The highest BCUT2D eigenvalue weighted by Crippen LogP contribution is 2.42. The minimum absolute atomic E-state index is 0.0888. The molecule has 0 aromatic heterocycles. The van der Waals surface area contributed by atoms with Gasteiger partial charge in [0.1, 0.15) is 17.1 Å². The first-order valence-corrected chi connectivity index (χ1v) is 12.4. The number of esters is 2. The SMILES string of the molecule is COC1=C(C)C(=O)O/C1=C/C1=C(C(=O)OC(c2ccccc2)c2ccccc2)N2C(=O)[C@@H](N)[C@@H]2SC1. The van der Waals surface area contributed by atoms with Crippen molar-refractivity contribution in [3.63, 3.8) is 0 Å². The van der Waals surface area contributed by atoms with Gasteiger partial charge in [0, 0.05) is 5.75 Å². The summed E-state index contributed by atoms with van der Waals surface area (Å²) < 4.78 is 16.8. The molecule has 0 unspecified atom stereocenters. The standard InChI is InChI=1S/C27H24N2O6S/c1-15-22(33-2)19(34-26(15)31)13-18-14-36-25-20(28)24(30)29(25)21(18)27(32)35-23(16-9-5-3-6-10-16)17-11-7-4-8-12-17/h3-13,20,23,25H,14,28H2,1-2H3/b19-13+/t20-,25+/m1/s1. The first-order chi connectivity index (χ1) is 17.4. The van der Waals surface area contributed by atoms with Crippen LogP contribution in [-0.4, -0.2) is 47.0 Å². The number of amides is 1. The molecule has 1 saturated heterocycles. The predicted molar refractivity (Wildman–Crippen MR) is 133 cm³/mol. The van der Waals surface area contributed by atoms with Crippen LogP contribution in [0.4, 0.5) is 0 Å². The summed E-state index contributed by atoms with van der Waals surface area (Å²) in [7, 11) is 1.44. The number of hydrogen-bond donors (Lipinski definition) is 1. The molecule has 1 amide bonds. The molecule has 0 bridgehead atoms. The lowest BCUT2D eigenvalue weighted by Gasteiger charge is -2.48. The molecule has 9 heteroatoms. The van der Waals surface area contributed by atoms with Gasteiger partial charge in [0.2, 0.25) is 5.91 Å². The average molecular weight is 505 g/mol. The number of fused-ring (bicyclic) bond motifs is 1. The van der Waals surface area contributed by atoms with E-state index in [1.807, 2.05) is 60.7 Å². The fourth-order valence-corrected chi connectivity index (χ4v) is 5.65. The lowest BCUT2D eigenvalue weighted by molar-refractivity contribution is -0.153. The van der Waals surface area contributed by atoms with Gasteiger partial charge in [-0.25, -0.2) is 9.59 Å². The number of nitrogens with zero attached hydrogens (tertiary/aromatic N) is 1. The molecule has 5 rings (SSSR count). The lowest BCUT2D eigenvalue weighted by Crippen LogP contribution is -2.68. The Hall–Kier alpha value is -3.82. The number of methoxy groups -OCH3 is 1. The van der Waals surface area contributed by atoms with Crippen LogP contribution in [0.3, 0.4) is 0 Å². The summed E-state index contributed by atoms with van der Waals surface area (Å²) in [4.78, 5) is 40.0. The number of carbonyl (C=O) groups excluding carboxylic acids is 3. The predicted octanol–water partition coefficient (Wildman–Crippen LogP) is 3.18. The largest absolute Gasteiger partial charge is 0.492 e. The van der Waals surface area contributed by atoms with Crippen molar-refractivity contribution in [1.82, 2.24) is 4.90 Å². The quantitative estimate of drug-likeness (QED) is 0.472. The highest BCUT2D eigenvalue weighted by atomic mass is 32.2. The summed E-state index contributed by atoms with van der Waals surface area (Å²) in [5, 5.41) is -0.376. The van der Waals surface area contributed by atoms with Crippen LogP contribution in [0.5, 0.6) is 0 Å². The number of allylic oxidation sites excluding steroid dienone is 1. The Morgan fingerprint density at radius 1 is 1.11 bits per heavy atom. The summed E-state index contributed by atoms with van der Waals surface area (Å²) in [6.07, 6.45) is 0.866. The Morgan fingerprint density at radius 2 is 1.72 bits per heavy atom. The second-order valence-corrected chi connectivity index (χ2v) is 9.58. The third-order valence-electron chi connectivity index (χ3n) is 6.24. The molecule has 3 aliphatic heterocycles. The van der Waals surface area contributed by atoms with Crippen LogP contribution in [-0.2, 0) is 28.6 Å². The summed E-state index contributed by atoms with van der Waals surface area (Å²) in [6, 6.07) is 18.1. The zero-order valence-electron chi connectivity index (χ0n) is 19.7. The van der Waals surface area contributed by atoms with Crippen LogP contribution < -0.4 is 5.73 Å². The number of β-lactam (4-membered cyclic amide) rings is 1. The molecule has 36 heavy (non-hydrogen) atoms. The number of carbonyl (C=O) groups is 3. The molecule has 8 nitrogen and oxygen atoms in total. The molecule has 2 N–H and O–H groups in total. The molecule has 0 aliphatic carbocycles. The van der Waals surface area contributed by atoms with Gasteiger partial charge in [0.15, 0.2) is 17.6 Å². The maximum atomic E-state index is 13.8. The minimum atomic E-state index is -0.702. The van der Waals surface area contributed by atoms with E-state index in [9.17, 15) is 14.4 Å². The molecular formula is C27H24N2O6S. The molecule has 0 spiro atoms. The van der Waals surface area contributed by atoms with Crippen LogP contribution in [0.2, 0.25) is 0 Å². The molecule has 2 aromatic carbocycles. The van der Waals surface area contributed by atoms with Gasteiger partial charge in [0.25, 0.3) is 0 Å². The van der Waals surface area contributed by atoms with E-state index in [0.717, 1.165) is 11.1 Å². The van der Waals surface area contributed by atoms with Crippen LogP contribution in [0.1, 0.15) is 24.2 Å². The maximum Gasteiger partial charge on any atom is 0.356 e. The van der Waals surface area contributed by atoms with Crippen LogP contribution in [0.15, 0.2) is 95.1 Å². The fraction of sp³-hybridized carbons (Fsp3) is 0.222. The summed E-state index contributed by atoms with van der Waals surface area (Å²) in [6.45, 7) is 1.60. The molecule has 2 atom stereocenters. The van der Waals surface area contributed by atoms with Gasteiger partial charge in [-0.1, -0.05) is 60.7 Å². The third kappa shape index (κ3) is 4.10. The summed E-state index contributed by atoms with van der Waals surface area (Å²) >= 11 is 1.43. The minimum Gasteiger partial charge on any atom is -0.492 e. The van der Waals surface area contributed by atoms with Gasteiger partial charge in [-0.15, -0.1) is 11.8 Å². The highest BCUT2D eigenvalue weighted by Gasteiger charge is 2.52. The Kier molecular flexibility index (Phi) is 6.42. The van der Waals surface area contributed by atoms with E-state index in [-0.39, 0.29) is 28.5 Å². The lowest BCUT2D eigenvalue weighted by atomic mass is 10.0. The van der Waals surface area contributed by atoms with Crippen LogP contribution in [0.25, 0.3) is 0 Å². The van der Waals surface area contributed by atoms with E-state index in [1.54, 1.807) is 13.0 Å². The average Bonchev–Trinajstić information content (AvgIpc) is 3.18. The topological polar surface area (TPSA) is 108 Å². The van der Waals surface area contributed by atoms with Crippen molar-refractivity contribution in [2.75, 3.05) is 12.9 Å². The molecule has 2 aromatic rings. The number of nitrogens with two attached hydrogens (primary N) is 1. The van der Waals surface area contributed by atoms with E-state index in [0.29, 0.717) is 16.9 Å². The van der Waals surface area contributed by atoms with Gasteiger partial charge in [-0.3, -0.25) is 9.69 Å². The second kappa shape index (κ2) is 9.67. The van der Waals surface area contributed by atoms with E-state index >= 15 is 0 Å². The van der Waals surface area contributed by atoms with Crippen molar-refractivity contribution in [2.45, 2.75) is 24.4 Å². The number of hydrogen-bond acceptors (Lipinski definition) is 8. The first-order valence-electron chi connectivity index (χ1n) is 11.3. The van der Waals surface area contributed by atoms with Gasteiger partial charge in [0.05, 0.1) is 12.7 Å². The van der Waals surface area contributed by atoms with E-state index < -0.39 is 24.1 Å². The molecular weight excluding hydrogens is 480 g/mol. The summed E-state index contributed by atoms with van der Waals surface area (Å²) in [5.74, 6) is -0.739. The van der Waals surface area contributed by atoms with Crippen molar-refractivity contribution in [3.05, 3.63) is 106 Å². The van der Waals surface area contributed by atoms with Gasteiger partial charge in [-0.05, 0) is 29.7 Å². The van der Waals surface area contributed by atoms with Crippen molar-refractivity contribution >= 4 is 29.6 Å². The van der Waals surface area contributed by atoms with E-state index in [2.05, 4.69) is 0 Å². The Labute approximate surface area is 212 Å². The highest BCUT2D eigenvalue weighted by molar-refractivity contribution is 8.00. The zero-order chi connectivity index (χ0) is 25.4. The zero-order valence-corrected chi connectivity index (χ0v) is 20.5. The number of rotatable bonds is 6. The van der Waals surface area contributed by atoms with Crippen molar-refractivity contribution in [3.8, 4) is 0 Å². The summed E-state index contributed by atoms with van der Waals surface area (Å²) in [5.41, 5.74) is 8.48. The molecule has 1 fully saturated rings. The molecule has 0 radical (unpaired) electrons. The van der Waals surface area contributed by atoms with Crippen LogP contribution >= 0.6 is 11.8 Å². The van der Waals surface area contributed by atoms with Crippen molar-refractivity contribution in [2.24, 2.45) is 5.73 Å². The van der Waals surface area contributed by atoms with Crippen molar-refractivity contribution in [1.29, 1.82) is 0 Å². The van der Waals surface area contributed by atoms with E-state index in [4.69, 9.17) is 19.9 Å². The number of thioether (sulfide) groups is 1. The number of ether oxygens (including phenoxy) is 3. The Morgan fingerprint density at radius 3 is 2.31 bits per heavy atom. The molecule has 184 valence electrons. The number of benzene rings is 2. The van der Waals surface area contributed by atoms with Crippen molar-refractivity contribution < 1.29 is 28.6 Å². The molecule has 3 heterocycles. The van der Waals surface area contributed by atoms with E-state index in [1.165, 1.54) is 23.8 Å². The third-order valence-corrected chi connectivity index (χ3v) is 7.57. The smallest absolute Gasteiger partial charge is 0.356 e. The number of cyclic esters (lactones) is 1. The monoisotopic (exact) mass is 504 g/mol. The van der Waals surface area contributed by atoms with Crippen LogP contribution in [0, 0.1) is 0 Å². The normalized spacial score (nSPS) is 22.6. The maximum absolute atomic E-state index is 13.8. The Balaban J connectivity index is 1.56. The Bertz CT molecular complexity index is 1280. The van der Waals surface area contributed by atoms with Gasteiger partial charge in [-0.2, -0.15) is 0 Å². The first kappa shape index (κ1) is 23.9.